The number of furan rings is 1. The van der Waals surface area contributed by atoms with Gasteiger partial charge in [-0.3, -0.25) is 0 Å². The smallest absolute Gasteiger partial charge is 0.167 e. The summed E-state index contributed by atoms with van der Waals surface area (Å²) in [6, 6.07) is 63.7. The lowest BCUT2D eigenvalue weighted by atomic mass is 9.82. The van der Waals surface area contributed by atoms with Crippen molar-refractivity contribution >= 4 is 28.4 Å². The molecule has 5 nitrogen and oxygen atoms in total. The van der Waals surface area contributed by atoms with Crippen LogP contribution in [0.25, 0.3) is 73.5 Å². The van der Waals surface area contributed by atoms with Crippen LogP contribution in [0.15, 0.2) is 192 Å². The number of aromatic nitrogens is 3. The Hall–Kier alpha value is -7.37. The van der Waals surface area contributed by atoms with Crippen LogP contribution in [0.4, 0.5) is 11.4 Å². The Morgan fingerprint density at radius 1 is 0.464 bits per heavy atom. The number of nitrogens with zero attached hydrogens (tertiary/aromatic N) is 4. The van der Waals surface area contributed by atoms with Crippen LogP contribution >= 0.6 is 0 Å². The Morgan fingerprint density at radius 2 is 1.00 bits per heavy atom. The van der Waals surface area contributed by atoms with Gasteiger partial charge in [0.1, 0.15) is 11.3 Å². The number of rotatable bonds is 6. The van der Waals surface area contributed by atoms with E-state index >= 15 is 0 Å². The van der Waals surface area contributed by atoms with Crippen molar-refractivity contribution in [2.24, 2.45) is 0 Å². The maximum Gasteiger partial charge on any atom is 0.167 e. The van der Waals surface area contributed by atoms with Gasteiger partial charge in [0, 0.05) is 39.4 Å². The van der Waals surface area contributed by atoms with E-state index in [2.05, 4.69) is 138 Å². The summed E-state index contributed by atoms with van der Waals surface area (Å²) in [7, 11) is 0. The van der Waals surface area contributed by atoms with Crippen LogP contribution in [-0.4, -0.2) is 21.0 Å². The van der Waals surface area contributed by atoms with Gasteiger partial charge in [0.2, 0.25) is 0 Å². The summed E-state index contributed by atoms with van der Waals surface area (Å²) in [5, 5.41) is 1.07. The third-order valence-electron chi connectivity index (χ3n) is 11.1. The summed E-state index contributed by atoms with van der Waals surface area (Å²) in [5.41, 5.74) is 13.0. The van der Waals surface area contributed by atoms with Crippen LogP contribution in [-0.2, 0) is 0 Å². The zero-order valence-corrected chi connectivity index (χ0v) is 30.3. The van der Waals surface area contributed by atoms with Crippen molar-refractivity contribution in [3.63, 3.8) is 0 Å². The van der Waals surface area contributed by atoms with E-state index in [9.17, 15) is 0 Å². The Labute approximate surface area is 324 Å². The Morgan fingerprint density at radius 3 is 1.61 bits per heavy atom. The molecule has 1 aliphatic carbocycles. The predicted molar refractivity (Wildman–Crippen MR) is 226 cm³/mol. The zero-order valence-electron chi connectivity index (χ0n) is 30.3. The van der Waals surface area contributed by atoms with Crippen molar-refractivity contribution in [3.05, 3.63) is 205 Å². The lowest BCUT2D eigenvalue weighted by Crippen LogP contribution is -2.30. The van der Waals surface area contributed by atoms with Crippen LogP contribution in [0.5, 0.6) is 0 Å². The number of hydrogen-bond acceptors (Lipinski definition) is 5. The van der Waals surface area contributed by atoms with E-state index in [-0.39, 0.29) is 12.0 Å². The molecule has 1 aliphatic heterocycles. The molecule has 56 heavy (non-hydrogen) atoms. The third-order valence-corrected chi connectivity index (χ3v) is 11.1. The van der Waals surface area contributed by atoms with Crippen molar-refractivity contribution in [2.45, 2.75) is 12.0 Å². The van der Waals surface area contributed by atoms with E-state index in [1.54, 1.807) is 0 Å². The number of fused-ring (bicyclic) bond motifs is 7. The van der Waals surface area contributed by atoms with Crippen molar-refractivity contribution < 1.29 is 4.42 Å². The average molecular weight is 719 g/mol. The summed E-state index contributed by atoms with van der Waals surface area (Å²) in [6.07, 6.45) is 4.48. The quantitative estimate of drug-likeness (QED) is 0.171. The Balaban J connectivity index is 1.07. The van der Waals surface area contributed by atoms with E-state index in [1.165, 1.54) is 39.1 Å². The fraction of sp³-hybridized carbons (Fsp3) is 0.0392. The predicted octanol–water partition coefficient (Wildman–Crippen LogP) is 12.6. The minimum absolute atomic E-state index is 0.0329. The van der Waals surface area contributed by atoms with Crippen LogP contribution in [0.1, 0.15) is 22.8 Å². The molecule has 0 amide bonds. The molecule has 2 atom stereocenters. The van der Waals surface area contributed by atoms with Gasteiger partial charge >= 0.3 is 0 Å². The number of benzene rings is 7. The van der Waals surface area contributed by atoms with E-state index in [4.69, 9.17) is 19.4 Å². The maximum absolute atomic E-state index is 6.88. The van der Waals surface area contributed by atoms with E-state index in [0.717, 1.165) is 39.1 Å². The highest BCUT2D eigenvalue weighted by atomic mass is 16.3. The molecule has 0 bridgehead atoms. The highest BCUT2D eigenvalue weighted by molar-refractivity contribution is 5.98. The van der Waals surface area contributed by atoms with Gasteiger partial charge in [-0.2, -0.15) is 0 Å². The molecule has 0 fully saturated rings. The fourth-order valence-electron chi connectivity index (χ4n) is 8.54. The third kappa shape index (κ3) is 5.36. The molecule has 3 heterocycles. The minimum Gasteiger partial charge on any atom is -0.456 e. The fourth-order valence-corrected chi connectivity index (χ4v) is 8.54. The summed E-state index contributed by atoms with van der Waals surface area (Å²) in [5.74, 6) is 2.73. The average Bonchev–Trinajstić information content (AvgIpc) is 3.83. The molecule has 264 valence electrons. The Bertz CT molecular complexity index is 2810. The highest BCUT2D eigenvalue weighted by Gasteiger charge is 2.43. The molecule has 5 heteroatoms. The first-order chi connectivity index (χ1) is 27.8. The van der Waals surface area contributed by atoms with Gasteiger partial charge in [-0.05, 0) is 64.2 Å². The van der Waals surface area contributed by atoms with Crippen molar-refractivity contribution in [2.75, 3.05) is 4.90 Å². The molecule has 2 unspecified atom stereocenters. The lowest BCUT2D eigenvalue weighted by molar-refractivity contribution is 0.584. The van der Waals surface area contributed by atoms with Gasteiger partial charge in [0.05, 0.1) is 11.6 Å². The standard InChI is InChI=1S/C51H34N4O/c1-5-16-33(17-6-1)37-30-38(34-18-7-2-8-19-34)32-39(31-37)55-43-27-14-13-24-40(43)46-44(55)28-29-45-47(46)41-25-15-26-42(48(41)56-45)51-53-49(35-20-9-3-10-21-35)52-50(54-51)36-22-11-4-12-23-36/h1-32,44,46H. The molecule has 11 rings (SSSR count). The molecule has 0 N–H and O–H groups in total. The molecule has 2 aromatic heterocycles. The van der Waals surface area contributed by atoms with Crippen molar-refractivity contribution in [3.8, 4) is 56.4 Å². The van der Waals surface area contributed by atoms with Gasteiger partial charge < -0.3 is 9.32 Å². The summed E-state index contributed by atoms with van der Waals surface area (Å²) in [4.78, 5) is 17.6. The first-order valence-corrected chi connectivity index (χ1v) is 19.0. The van der Waals surface area contributed by atoms with E-state index < -0.39 is 0 Å². The molecule has 2 aliphatic rings. The monoisotopic (exact) mass is 718 g/mol. The zero-order chi connectivity index (χ0) is 37.0. The van der Waals surface area contributed by atoms with Crippen LogP contribution in [0.3, 0.4) is 0 Å². The molecule has 0 saturated carbocycles. The maximum atomic E-state index is 6.88. The first kappa shape index (κ1) is 32.1. The van der Waals surface area contributed by atoms with E-state index in [0.29, 0.717) is 17.5 Å². The molecule has 7 aromatic carbocycles. The van der Waals surface area contributed by atoms with Crippen LogP contribution in [0, 0.1) is 0 Å². The van der Waals surface area contributed by atoms with Crippen molar-refractivity contribution in [1.82, 2.24) is 15.0 Å². The lowest BCUT2D eigenvalue weighted by Gasteiger charge is -2.31. The Kier molecular flexibility index (Phi) is 7.56. The molecular formula is C51H34N4O. The minimum atomic E-state index is 0.0329. The largest absolute Gasteiger partial charge is 0.456 e. The summed E-state index contributed by atoms with van der Waals surface area (Å²) < 4.78 is 6.88. The summed E-state index contributed by atoms with van der Waals surface area (Å²) in [6.45, 7) is 0. The normalized spacial score (nSPS) is 15.4. The van der Waals surface area contributed by atoms with Gasteiger partial charge in [-0.15, -0.1) is 0 Å². The SMILES string of the molecule is C1=CC2C(c3ccccc3N2c2cc(-c3ccccc3)cc(-c3ccccc3)c2)c2c1oc1c(-c3nc(-c4ccccc4)nc(-c4ccccc4)n3)cccc21. The topological polar surface area (TPSA) is 55.1 Å². The molecule has 9 aromatic rings. The number of para-hydroxylation sites is 2. The second-order valence-corrected chi connectivity index (χ2v) is 14.4. The first-order valence-electron chi connectivity index (χ1n) is 19.0. The van der Waals surface area contributed by atoms with Crippen molar-refractivity contribution in [1.29, 1.82) is 0 Å². The molecule has 0 saturated heterocycles. The van der Waals surface area contributed by atoms with Crippen LogP contribution in [0.2, 0.25) is 0 Å². The van der Waals surface area contributed by atoms with Gasteiger partial charge in [-0.25, -0.2) is 15.0 Å². The molecule has 0 spiro atoms. The van der Waals surface area contributed by atoms with E-state index in [1.807, 2.05) is 60.7 Å². The second-order valence-electron chi connectivity index (χ2n) is 14.4. The van der Waals surface area contributed by atoms with Gasteiger partial charge in [0.15, 0.2) is 17.5 Å². The summed E-state index contributed by atoms with van der Waals surface area (Å²) >= 11 is 0. The molecule has 0 radical (unpaired) electrons. The van der Waals surface area contributed by atoms with Gasteiger partial charge in [-0.1, -0.05) is 158 Å². The number of hydrogen-bond donors (Lipinski definition) is 0. The second kappa shape index (κ2) is 13.2. The molecular weight excluding hydrogens is 685 g/mol. The van der Waals surface area contributed by atoms with Crippen LogP contribution < -0.4 is 4.90 Å². The van der Waals surface area contributed by atoms with Gasteiger partial charge in [0.25, 0.3) is 0 Å². The highest BCUT2D eigenvalue weighted by Crippen LogP contribution is 2.54. The number of anilines is 2.